The van der Waals surface area contributed by atoms with Crippen LogP contribution >= 0.6 is 0 Å². The van der Waals surface area contributed by atoms with E-state index < -0.39 is 21.5 Å². The summed E-state index contributed by atoms with van der Waals surface area (Å²) in [6.07, 6.45) is 1.71. The second-order valence-corrected chi connectivity index (χ2v) is 7.81. The van der Waals surface area contributed by atoms with Crippen molar-refractivity contribution in [2.75, 3.05) is 0 Å². The van der Waals surface area contributed by atoms with Crippen molar-refractivity contribution in [2.45, 2.75) is 44.0 Å². The Morgan fingerprint density at radius 3 is 2.65 bits per heavy atom. The molecule has 0 fully saturated rings. The standard InChI is InChI=1S/C16H20N2O4S/c1-11-6-7-13(12-5-4-10-17-15(11)12)23(21,22)18-16(2,3)9-8-14(19)20/h4-7,10,18H,8-9H2,1-3H3,(H,19,20). The maximum absolute atomic E-state index is 12.7. The van der Waals surface area contributed by atoms with Crippen LogP contribution in [0.3, 0.4) is 0 Å². The molecule has 0 aliphatic carbocycles. The number of aromatic nitrogens is 1. The minimum absolute atomic E-state index is 0.105. The second kappa shape index (κ2) is 6.25. The average molecular weight is 336 g/mol. The first-order chi connectivity index (χ1) is 10.6. The van der Waals surface area contributed by atoms with E-state index in [9.17, 15) is 13.2 Å². The molecule has 0 saturated carbocycles. The van der Waals surface area contributed by atoms with Crippen molar-refractivity contribution in [3.63, 3.8) is 0 Å². The zero-order valence-corrected chi connectivity index (χ0v) is 14.1. The predicted molar refractivity (Wildman–Crippen MR) is 87.8 cm³/mol. The van der Waals surface area contributed by atoms with Gasteiger partial charge in [0, 0.05) is 23.5 Å². The smallest absolute Gasteiger partial charge is 0.303 e. The molecule has 1 heterocycles. The molecule has 7 heteroatoms. The largest absolute Gasteiger partial charge is 0.481 e. The Balaban J connectivity index is 2.41. The minimum atomic E-state index is -3.79. The van der Waals surface area contributed by atoms with Crippen LogP contribution in [0.1, 0.15) is 32.3 Å². The number of hydrogen-bond donors (Lipinski definition) is 2. The van der Waals surface area contributed by atoms with Crippen molar-refractivity contribution >= 4 is 26.9 Å². The Kier molecular flexibility index (Phi) is 4.72. The fourth-order valence-corrected chi connectivity index (χ4v) is 4.05. The zero-order chi connectivity index (χ0) is 17.3. The van der Waals surface area contributed by atoms with Gasteiger partial charge in [-0.15, -0.1) is 0 Å². The number of carboxylic acid groups (broad SMARTS) is 1. The number of pyridine rings is 1. The fourth-order valence-electron chi connectivity index (χ4n) is 2.41. The number of hydrogen-bond acceptors (Lipinski definition) is 4. The monoisotopic (exact) mass is 336 g/mol. The van der Waals surface area contributed by atoms with Crippen LogP contribution in [0.5, 0.6) is 0 Å². The molecule has 0 aliphatic heterocycles. The summed E-state index contributed by atoms with van der Waals surface area (Å²) in [7, 11) is -3.79. The van der Waals surface area contributed by atoms with E-state index in [-0.39, 0.29) is 17.7 Å². The Morgan fingerprint density at radius 1 is 1.30 bits per heavy atom. The highest BCUT2D eigenvalue weighted by Crippen LogP contribution is 2.26. The van der Waals surface area contributed by atoms with Gasteiger partial charge < -0.3 is 5.11 Å². The van der Waals surface area contributed by atoms with Gasteiger partial charge >= 0.3 is 5.97 Å². The molecule has 124 valence electrons. The highest BCUT2D eigenvalue weighted by Gasteiger charge is 2.28. The highest BCUT2D eigenvalue weighted by atomic mass is 32.2. The van der Waals surface area contributed by atoms with Crippen LogP contribution < -0.4 is 4.72 Å². The first-order valence-corrected chi connectivity index (χ1v) is 8.71. The summed E-state index contributed by atoms with van der Waals surface area (Å²) in [6.45, 7) is 5.21. The van der Waals surface area contributed by atoms with Crippen LogP contribution in [0.4, 0.5) is 0 Å². The molecular formula is C16H20N2O4S. The van der Waals surface area contributed by atoms with Gasteiger partial charge in [-0.25, -0.2) is 13.1 Å². The summed E-state index contributed by atoms with van der Waals surface area (Å²) in [6, 6.07) is 6.67. The molecular weight excluding hydrogens is 316 g/mol. The van der Waals surface area contributed by atoms with Gasteiger partial charge in [0.2, 0.25) is 10.0 Å². The van der Waals surface area contributed by atoms with E-state index in [0.717, 1.165) is 5.56 Å². The fraction of sp³-hybridized carbons (Fsp3) is 0.375. The molecule has 23 heavy (non-hydrogen) atoms. The number of carbonyl (C=O) groups is 1. The van der Waals surface area contributed by atoms with Crippen molar-refractivity contribution in [1.82, 2.24) is 9.71 Å². The first-order valence-electron chi connectivity index (χ1n) is 7.22. The number of aliphatic carboxylic acids is 1. The van der Waals surface area contributed by atoms with Crippen LogP contribution in [0.2, 0.25) is 0 Å². The summed E-state index contributed by atoms with van der Waals surface area (Å²) in [4.78, 5) is 15.1. The summed E-state index contributed by atoms with van der Waals surface area (Å²) >= 11 is 0. The van der Waals surface area contributed by atoms with E-state index in [4.69, 9.17) is 5.11 Å². The molecule has 1 aromatic carbocycles. The van der Waals surface area contributed by atoms with Gasteiger partial charge in [0.1, 0.15) is 0 Å². The van der Waals surface area contributed by atoms with E-state index in [2.05, 4.69) is 9.71 Å². The lowest BCUT2D eigenvalue weighted by Gasteiger charge is -2.25. The van der Waals surface area contributed by atoms with Crippen molar-refractivity contribution in [3.8, 4) is 0 Å². The topological polar surface area (TPSA) is 96.4 Å². The third-order valence-electron chi connectivity index (χ3n) is 3.60. The summed E-state index contributed by atoms with van der Waals surface area (Å²) in [5, 5.41) is 9.33. The number of benzene rings is 1. The van der Waals surface area contributed by atoms with Crippen molar-refractivity contribution in [1.29, 1.82) is 0 Å². The van der Waals surface area contributed by atoms with Crippen molar-refractivity contribution in [2.24, 2.45) is 0 Å². The molecule has 0 amide bonds. The van der Waals surface area contributed by atoms with Gasteiger partial charge in [-0.2, -0.15) is 0 Å². The Hall–Kier alpha value is -1.99. The molecule has 6 nitrogen and oxygen atoms in total. The SMILES string of the molecule is Cc1ccc(S(=O)(=O)NC(C)(C)CCC(=O)O)c2cccnc12. The minimum Gasteiger partial charge on any atom is -0.481 e. The Labute approximate surface area is 135 Å². The third-order valence-corrected chi connectivity index (χ3v) is 5.35. The van der Waals surface area contributed by atoms with Gasteiger partial charge in [0.25, 0.3) is 0 Å². The average Bonchev–Trinajstić information content (AvgIpc) is 2.44. The van der Waals surface area contributed by atoms with E-state index in [1.54, 1.807) is 44.3 Å². The lowest BCUT2D eigenvalue weighted by Crippen LogP contribution is -2.43. The number of nitrogens with zero attached hydrogens (tertiary/aromatic N) is 1. The van der Waals surface area contributed by atoms with Gasteiger partial charge in [-0.3, -0.25) is 9.78 Å². The van der Waals surface area contributed by atoms with E-state index >= 15 is 0 Å². The van der Waals surface area contributed by atoms with Crippen molar-refractivity contribution < 1.29 is 18.3 Å². The van der Waals surface area contributed by atoms with Gasteiger partial charge in [0.05, 0.1) is 10.4 Å². The molecule has 1 aromatic heterocycles. The normalized spacial score (nSPS) is 12.5. The molecule has 0 aliphatic rings. The second-order valence-electron chi connectivity index (χ2n) is 6.16. The van der Waals surface area contributed by atoms with Crippen LogP contribution in [0.15, 0.2) is 35.4 Å². The lowest BCUT2D eigenvalue weighted by molar-refractivity contribution is -0.137. The Bertz CT molecular complexity index is 844. The number of nitrogens with one attached hydrogen (secondary N) is 1. The van der Waals surface area contributed by atoms with Crippen LogP contribution in [0.25, 0.3) is 10.9 Å². The van der Waals surface area contributed by atoms with E-state index in [1.807, 2.05) is 6.92 Å². The quantitative estimate of drug-likeness (QED) is 0.845. The zero-order valence-electron chi connectivity index (χ0n) is 13.3. The summed E-state index contributed by atoms with van der Waals surface area (Å²) in [5.41, 5.74) is 0.666. The molecule has 0 spiro atoms. The van der Waals surface area contributed by atoms with E-state index in [0.29, 0.717) is 10.9 Å². The molecule has 0 unspecified atom stereocenters. The van der Waals surface area contributed by atoms with Gasteiger partial charge in [-0.05, 0) is 51.0 Å². The number of carboxylic acids is 1. The number of fused-ring (bicyclic) bond motifs is 1. The molecule has 0 atom stereocenters. The maximum Gasteiger partial charge on any atom is 0.303 e. The van der Waals surface area contributed by atoms with Crippen LogP contribution in [-0.2, 0) is 14.8 Å². The van der Waals surface area contributed by atoms with Gasteiger partial charge in [0.15, 0.2) is 0 Å². The molecule has 2 N–H and O–H groups in total. The van der Waals surface area contributed by atoms with Crippen molar-refractivity contribution in [3.05, 3.63) is 36.0 Å². The van der Waals surface area contributed by atoms with E-state index in [1.165, 1.54) is 0 Å². The third kappa shape index (κ3) is 4.05. The molecule has 2 rings (SSSR count). The Morgan fingerprint density at radius 2 is 2.00 bits per heavy atom. The number of rotatable bonds is 6. The van der Waals surface area contributed by atoms with Gasteiger partial charge in [-0.1, -0.05) is 6.07 Å². The first kappa shape index (κ1) is 17.4. The molecule has 0 bridgehead atoms. The number of sulfonamides is 1. The molecule has 0 radical (unpaired) electrons. The maximum atomic E-state index is 12.7. The lowest BCUT2D eigenvalue weighted by atomic mass is 10.0. The summed E-state index contributed by atoms with van der Waals surface area (Å²) in [5.74, 6) is -0.956. The predicted octanol–water partition coefficient (Wildman–Crippen LogP) is 2.46. The van der Waals surface area contributed by atoms with Crippen LogP contribution in [-0.4, -0.2) is 30.0 Å². The molecule has 0 saturated heterocycles. The highest BCUT2D eigenvalue weighted by molar-refractivity contribution is 7.89. The summed E-state index contributed by atoms with van der Waals surface area (Å²) < 4.78 is 28.1. The van der Waals surface area contributed by atoms with Crippen LogP contribution in [0, 0.1) is 6.92 Å². The number of aryl methyl sites for hydroxylation is 1. The molecule has 2 aromatic rings.